The zero-order chi connectivity index (χ0) is 12.5. The Morgan fingerprint density at radius 2 is 2.39 bits per heavy atom. The molecule has 0 amide bonds. The van der Waals surface area contributed by atoms with E-state index in [9.17, 15) is 0 Å². The van der Waals surface area contributed by atoms with Crippen molar-refractivity contribution >= 4 is 17.5 Å². The maximum Gasteiger partial charge on any atom is 0.203 e. The van der Waals surface area contributed by atoms with Crippen LogP contribution in [0.15, 0.2) is 6.33 Å². The molecule has 8 heteroatoms. The first-order valence-electron chi connectivity index (χ1n) is 5.57. The number of imidazole rings is 1. The summed E-state index contributed by atoms with van der Waals surface area (Å²) in [6.07, 6.45) is 2.29. The summed E-state index contributed by atoms with van der Waals surface area (Å²) in [7, 11) is 0. The molecule has 3 heterocycles. The Balaban J connectivity index is 1.93. The first-order valence-corrected chi connectivity index (χ1v) is 5.95. The highest BCUT2D eigenvalue weighted by Gasteiger charge is 2.22. The Bertz CT molecular complexity index is 525. The number of nitrogens with zero attached hydrogens (tertiary/aromatic N) is 4. The number of fused-ring (bicyclic) bond motifs is 1. The average molecular weight is 270 g/mol. The van der Waals surface area contributed by atoms with E-state index in [2.05, 4.69) is 15.0 Å². The van der Waals surface area contributed by atoms with Gasteiger partial charge in [-0.25, -0.2) is 15.0 Å². The van der Waals surface area contributed by atoms with Gasteiger partial charge in [0.05, 0.1) is 19.3 Å². The molecule has 3 rings (SSSR count). The van der Waals surface area contributed by atoms with Crippen LogP contribution in [0.4, 0.5) is 5.95 Å². The van der Waals surface area contributed by atoms with Gasteiger partial charge < -0.3 is 15.2 Å². The van der Waals surface area contributed by atoms with Crippen molar-refractivity contribution in [2.75, 3.05) is 19.1 Å². The Labute approximate surface area is 108 Å². The number of nitrogens with two attached hydrogens (primary N) is 1. The number of nitrogen functional groups attached to an aromatic ring is 1. The summed E-state index contributed by atoms with van der Waals surface area (Å²) < 4.78 is 12.4. The highest BCUT2D eigenvalue weighted by atomic mass is 35.5. The molecule has 1 unspecified atom stereocenters. The predicted octanol–water partition coefficient (Wildman–Crippen LogP) is 0.776. The molecule has 0 spiro atoms. The van der Waals surface area contributed by atoms with Gasteiger partial charge in [0.25, 0.3) is 0 Å². The molecule has 1 saturated heterocycles. The Hall–Kier alpha value is -1.44. The summed E-state index contributed by atoms with van der Waals surface area (Å²) >= 11 is 5.96. The van der Waals surface area contributed by atoms with Crippen molar-refractivity contribution in [3.63, 3.8) is 0 Å². The predicted molar refractivity (Wildman–Crippen MR) is 64.2 cm³/mol. The lowest BCUT2D eigenvalue weighted by Gasteiger charge is -2.25. The van der Waals surface area contributed by atoms with Gasteiger partial charge in [0.1, 0.15) is 18.8 Å². The molecule has 1 fully saturated rings. The van der Waals surface area contributed by atoms with Gasteiger partial charge in [0, 0.05) is 0 Å². The maximum absolute atomic E-state index is 5.96. The van der Waals surface area contributed by atoms with Crippen LogP contribution in [0.5, 0.6) is 0 Å². The average Bonchev–Trinajstić information content (AvgIpc) is 2.85. The fraction of sp³-hybridized carbons (Fsp3) is 0.500. The molecule has 3 aliphatic heterocycles. The minimum atomic E-state index is 0.0360. The Morgan fingerprint density at radius 1 is 1.50 bits per heavy atom. The Kier molecular flexibility index (Phi) is 3.02. The van der Waals surface area contributed by atoms with Crippen molar-refractivity contribution < 1.29 is 9.47 Å². The summed E-state index contributed by atoms with van der Waals surface area (Å²) in [5, 5.41) is 0.268. The third kappa shape index (κ3) is 2.00. The van der Waals surface area contributed by atoms with Crippen LogP contribution in [0.3, 0.4) is 0 Å². The number of hydrogen-bond donors (Lipinski definition) is 1. The van der Waals surface area contributed by atoms with Gasteiger partial charge in [-0.15, -0.1) is 0 Å². The molecule has 18 heavy (non-hydrogen) atoms. The topological polar surface area (TPSA) is 88.1 Å². The summed E-state index contributed by atoms with van der Waals surface area (Å²) in [6.45, 7) is 1.55. The van der Waals surface area contributed by atoms with Crippen LogP contribution in [0.1, 0.15) is 6.42 Å². The number of aromatic nitrogens is 4. The van der Waals surface area contributed by atoms with Gasteiger partial charge in [-0.05, 0) is 6.42 Å². The number of hydrogen-bond acceptors (Lipinski definition) is 6. The lowest BCUT2D eigenvalue weighted by Crippen LogP contribution is -2.29. The van der Waals surface area contributed by atoms with Crippen molar-refractivity contribution in [2.24, 2.45) is 0 Å². The Morgan fingerprint density at radius 3 is 3.17 bits per heavy atom. The fourth-order valence-corrected chi connectivity index (χ4v) is 2.17. The van der Waals surface area contributed by atoms with E-state index in [0.717, 1.165) is 6.42 Å². The largest absolute Gasteiger partial charge is 0.369 e. The van der Waals surface area contributed by atoms with Crippen LogP contribution < -0.4 is 5.73 Å². The molecule has 0 radical (unpaired) electrons. The second kappa shape index (κ2) is 4.68. The number of ether oxygens (including phenoxy) is 2. The highest BCUT2D eigenvalue weighted by molar-refractivity contribution is 6.31. The van der Waals surface area contributed by atoms with Crippen LogP contribution >= 0.6 is 11.6 Å². The molecule has 0 aromatic rings. The quantitative estimate of drug-likeness (QED) is 0.811. The minimum Gasteiger partial charge on any atom is -0.369 e. The van der Waals surface area contributed by atoms with Gasteiger partial charge in [-0.3, -0.25) is 4.57 Å². The molecule has 7 nitrogen and oxygen atoms in total. The maximum atomic E-state index is 5.96. The number of rotatable bonds is 2. The van der Waals surface area contributed by atoms with Gasteiger partial charge in [0.15, 0.2) is 11.0 Å². The van der Waals surface area contributed by atoms with E-state index < -0.39 is 0 Å². The molecular formula is C10H12ClN5O2. The monoisotopic (exact) mass is 269 g/mol. The SMILES string of the molecule is Nc1nc(Cl)c2ncnc-2n1CC1CCOCO1. The first kappa shape index (κ1) is 11.6. The van der Waals surface area contributed by atoms with Crippen molar-refractivity contribution in [3.05, 3.63) is 11.5 Å². The van der Waals surface area contributed by atoms with E-state index in [1.807, 2.05) is 0 Å². The molecule has 0 aromatic carbocycles. The highest BCUT2D eigenvalue weighted by Crippen LogP contribution is 2.27. The minimum absolute atomic E-state index is 0.0360. The van der Waals surface area contributed by atoms with Crippen LogP contribution in [-0.4, -0.2) is 39.0 Å². The second-order valence-corrected chi connectivity index (χ2v) is 4.38. The first-order chi connectivity index (χ1) is 8.75. The van der Waals surface area contributed by atoms with Crippen LogP contribution in [0.2, 0.25) is 5.15 Å². The third-order valence-corrected chi connectivity index (χ3v) is 3.14. The lowest BCUT2D eigenvalue weighted by molar-refractivity contribution is -0.142. The lowest BCUT2D eigenvalue weighted by atomic mass is 10.2. The summed E-state index contributed by atoms with van der Waals surface area (Å²) in [5.41, 5.74) is 6.43. The van der Waals surface area contributed by atoms with Crippen LogP contribution in [0.25, 0.3) is 11.5 Å². The van der Waals surface area contributed by atoms with Gasteiger partial charge in [0.2, 0.25) is 5.95 Å². The normalized spacial score (nSPS) is 20.4. The van der Waals surface area contributed by atoms with Gasteiger partial charge in [-0.2, -0.15) is 0 Å². The number of anilines is 1. The zero-order valence-electron chi connectivity index (χ0n) is 9.54. The summed E-state index contributed by atoms with van der Waals surface area (Å²) in [6, 6.07) is 0. The fourth-order valence-electron chi connectivity index (χ4n) is 1.95. The molecule has 0 aromatic heterocycles. The van der Waals surface area contributed by atoms with Crippen molar-refractivity contribution in [3.8, 4) is 11.5 Å². The third-order valence-electron chi connectivity index (χ3n) is 2.88. The van der Waals surface area contributed by atoms with Crippen LogP contribution in [-0.2, 0) is 16.0 Å². The van der Waals surface area contributed by atoms with E-state index in [4.69, 9.17) is 26.8 Å². The molecule has 2 N–H and O–H groups in total. The van der Waals surface area contributed by atoms with Crippen LogP contribution in [0, 0.1) is 0 Å². The van der Waals surface area contributed by atoms with E-state index in [-0.39, 0.29) is 11.3 Å². The van der Waals surface area contributed by atoms with Gasteiger partial charge >= 0.3 is 0 Å². The molecule has 1 atom stereocenters. The molecule has 96 valence electrons. The van der Waals surface area contributed by atoms with E-state index in [0.29, 0.717) is 37.4 Å². The summed E-state index contributed by atoms with van der Waals surface area (Å²) in [4.78, 5) is 12.3. The number of halogens is 1. The second-order valence-electron chi connectivity index (χ2n) is 4.02. The van der Waals surface area contributed by atoms with Crippen molar-refractivity contribution in [1.29, 1.82) is 0 Å². The molecule has 0 bridgehead atoms. The van der Waals surface area contributed by atoms with E-state index in [1.165, 1.54) is 6.33 Å². The van der Waals surface area contributed by atoms with Gasteiger partial charge in [-0.1, -0.05) is 11.6 Å². The van der Waals surface area contributed by atoms with E-state index in [1.54, 1.807) is 4.57 Å². The zero-order valence-corrected chi connectivity index (χ0v) is 10.3. The molecule has 0 saturated carbocycles. The standard InChI is InChI=1S/C10H12ClN5O2/c11-8-7-9(14-4-13-7)16(10(12)15-8)3-6-1-2-17-5-18-6/h4,6H,1-3,5H2,(H2,12,15). The molecule has 0 aliphatic carbocycles. The van der Waals surface area contributed by atoms with Crippen molar-refractivity contribution in [1.82, 2.24) is 19.5 Å². The van der Waals surface area contributed by atoms with E-state index >= 15 is 0 Å². The molecular weight excluding hydrogens is 258 g/mol. The smallest absolute Gasteiger partial charge is 0.203 e. The van der Waals surface area contributed by atoms with Crippen molar-refractivity contribution in [2.45, 2.75) is 19.1 Å². The molecule has 3 aliphatic rings. The summed E-state index contributed by atoms with van der Waals surface area (Å²) in [5.74, 6) is 0.936.